The smallest absolute Gasteiger partial charge is 0.273 e. The van der Waals surface area contributed by atoms with Crippen molar-refractivity contribution in [3.05, 3.63) is 99.8 Å². The standard InChI is InChI=1S/C25H24ClFN4O3/c1-31(10-11-32)16-18-5-2-6-19(12-18)24(33)29-23-9-8-20(26)14-22(23)25(34)30-28-15-17-4-3-7-21(27)13-17/h2-9,12-15,32H,10-11,16H2,1H3,(H,29,33)(H,30,34). The van der Waals surface area contributed by atoms with Gasteiger partial charge in [-0.05, 0) is 60.6 Å². The summed E-state index contributed by atoms with van der Waals surface area (Å²) in [4.78, 5) is 27.5. The number of benzene rings is 3. The van der Waals surface area contributed by atoms with Gasteiger partial charge in [0.1, 0.15) is 5.82 Å². The maximum Gasteiger partial charge on any atom is 0.273 e. The molecule has 176 valence electrons. The first-order valence-corrected chi connectivity index (χ1v) is 10.8. The van der Waals surface area contributed by atoms with Crippen LogP contribution in [0.15, 0.2) is 71.8 Å². The molecule has 0 aliphatic rings. The molecule has 0 unspecified atom stereocenters. The molecule has 0 spiro atoms. The molecule has 3 N–H and O–H groups in total. The lowest BCUT2D eigenvalue weighted by molar-refractivity contribution is 0.0956. The Hall–Kier alpha value is -3.59. The number of halogens is 2. The fraction of sp³-hybridized carbons (Fsp3) is 0.160. The molecule has 0 aliphatic carbocycles. The van der Waals surface area contributed by atoms with Crippen LogP contribution in [0.1, 0.15) is 31.8 Å². The number of amides is 2. The van der Waals surface area contributed by atoms with Crippen LogP contribution in [0.5, 0.6) is 0 Å². The van der Waals surface area contributed by atoms with Gasteiger partial charge < -0.3 is 10.4 Å². The van der Waals surface area contributed by atoms with Crippen LogP contribution in [0.25, 0.3) is 0 Å². The summed E-state index contributed by atoms with van der Waals surface area (Å²) in [6.07, 6.45) is 1.31. The van der Waals surface area contributed by atoms with Crippen LogP contribution in [0, 0.1) is 5.82 Å². The summed E-state index contributed by atoms with van der Waals surface area (Å²) in [7, 11) is 1.87. The quantitative estimate of drug-likeness (QED) is 0.318. The number of hydrazone groups is 1. The Balaban J connectivity index is 1.73. The van der Waals surface area contributed by atoms with E-state index in [1.54, 1.807) is 30.3 Å². The highest BCUT2D eigenvalue weighted by Gasteiger charge is 2.15. The molecule has 0 radical (unpaired) electrons. The average molecular weight is 483 g/mol. The number of nitrogens with zero attached hydrogens (tertiary/aromatic N) is 2. The topological polar surface area (TPSA) is 94.0 Å². The molecule has 7 nitrogen and oxygen atoms in total. The van der Waals surface area contributed by atoms with Crippen LogP contribution in [0.4, 0.5) is 10.1 Å². The summed E-state index contributed by atoms with van der Waals surface area (Å²) >= 11 is 6.06. The van der Waals surface area contributed by atoms with Crippen molar-refractivity contribution in [3.8, 4) is 0 Å². The molecular formula is C25H24ClFN4O3. The zero-order valence-electron chi connectivity index (χ0n) is 18.5. The molecule has 3 aromatic rings. The van der Waals surface area contributed by atoms with Gasteiger partial charge in [0.15, 0.2) is 0 Å². The second-order valence-electron chi connectivity index (χ2n) is 7.56. The predicted octanol–water partition coefficient (Wildman–Crippen LogP) is 3.92. The Morgan fingerprint density at radius 1 is 1.09 bits per heavy atom. The SMILES string of the molecule is CN(CCO)Cc1cccc(C(=O)Nc2ccc(Cl)cc2C(=O)NN=Cc2cccc(F)c2)c1. The zero-order valence-corrected chi connectivity index (χ0v) is 19.2. The van der Waals surface area contributed by atoms with Crippen LogP contribution in [-0.2, 0) is 6.54 Å². The van der Waals surface area contributed by atoms with E-state index in [-0.39, 0.29) is 17.9 Å². The highest BCUT2D eigenvalue weighted by atomic mass is 35.5. The molecule has 0 bridgehead atoms. The Labute approximate surface area is 201 Å². The van der Waals surface area contributed by atoms with Crippen LogP contribution >= 0.6 is 11.6 Å². The van der Waals surface area contributed by atoms with Crippen LogP contribution in [0.2, 0.25) is 5.02 Å². The highest BCUT2D eigenvalue weighted by Crippen LogP contribution is 2.22. The summed E-state index contributed by atoms with van der Waals surface area (Å²) in [6, 6.07) is 17.3. The van der Waals surface area contributed by atoms with Crippen molar-refractivity contribution in [2.45, 2.75) is 6.54 Å². The third kappa shape index (κ3) is 7.21. The maximum absolute atomic E-state index is 13.3. The number of carbonyl (C=O) groups excluding carboxylic acids is 2. The van der Waals surface area contributed by atoms with Crippen LogP contribution in [0.3, 0.4) is 0 Å². The molecule has 3 aromatic carbocycles. The second-order valence-corrected chi connectivity index (χ2v) is 8.00. The van der Waals surface area contributed by atoms with Gasteiger partial charge in [-0.3, -0.25) is 14.5 Å². The highest BCUT2D eigenvalue weighted by molar-refractivity contribution is 6.31. The summed E-state index contributed by atoms with van der Waals surface area (Å²) < 4.78 is 13.3. The molecule has 0 aromatic heterocycles. The number of aliphatic hydroxyl groups excluding tert-OH is 1. The third-order valence-corrected chi connectivity index (χ3v) is 5.06. The fourth-order valence-corrected chi connectivity index (χ4v) is 3.36. The van der Waals surface area contributed by atoms with Crippen LogP contribution in [-0.4, -0.2) is 48.2 Å². The number of anilines is 1. The molecule has 0 saturated heterocycles. The Morgan fingerprint density at radius 2 is 1.88 bits per heavy atom. The van der Waals surface area contributed by atoms with E-state index in [0.717, 1.165) is 5.56 Å². The van der Waals surface area contributed by atoms with E-state index in [1.807, 2.05) is 18.0 Å². The first kappa shape index (κ1) is 25.0. The summed E-state index contributed by atoms with van der Waals surface area (Å²) in [5.74, 6) is -1.41. The van der Waals surface area contributed by atoms with Gasteiger partial charge in [-0.2, -0.15) is 5.10 Å². The molecule has 0 aliphatic heterocycles. The molecule has 0 saturated carbocycles. The van der Waals surface area contributed by atoms with Crippen molar-refractivity contribution in [2.24, 2.45) is 5.10 Å². The largest absolute Gasteiger partial charge is 0.395 e. The second kappa shape index (κ2) is 12.0. The van der Waals surface area contributed by atoms with Gasteiger partial charge in [-0.15, -0.1) is 0 Å². The van der Waals surface area contributed by atoms with Gasteiger partial charge in [-0.25, -0.2) is 9.82 Å². The average Bonchev–Trinajstić information content (AvgIpc) is 2.80. The van der Waals surface area contributed by atoms with Crippen molar-refractivity contribution >= 4 is 35.3 Å². The minimum absolute atomic E-state index is 0.0460. The summed E-state index contributed by atoms with van der Waals surface area (Å²) in [5, 5.41) is 16.0. The Bertz CT molecular complexity index is 1200. The van der Waals surface area contributed by atoms with E-state index < -0.39 is 17.6 Å². The number of hydrogen-bond donors (Lipinski definition) is 3. The first-order valence-electron chi connectivity index (χ1n) is 10.4. The lowest BCUT2D eigenvalue weighted by atomic mass is 10.1. The zero-order chi connectivity index (χ0) is 24.5. The Morgan fingerprint density at radius 3 is 2.65 bits per heavy atom. The monoisotopic (exact) mass is 482 g/mol. The van der Waals surface area contributed by atoms with Gasteiger partial charge in [0.05, 0.1) is 24.1 Å². The summed E-state index contributed by atoms with van der Waals surface area (Å²) in [6.45, 7) is 1.13. The van der Waals surface area contributed by atoms with Crippen molar-refractivity contribution in [1.29, 1.82) is 0 Å². The molecule has 2 amide bonds. The fourth-order valence-electron chi connectivity index (χ4n) is 3.19. The summed E-state index contributed by atoms with van der Waals surface area (Å²) in [5.41, 5.74) is 4.54. The molecule has 3 rings (SSSR count). The van der Waals surface area contributed by atoms with Gasteiger partial charge in [0.25, 0.3) is 11.8 Å². The maximum atomic E-state index is 13.3. The molecule has 0 heterocycles. The minimum atomic E-state index is -0.593. The molecular weight excluding hydrogens is 459 g/mol. The van der Waals surface area contributed by atoms with Gasteiger partial charge in [-0.1, -0.05) is 35.9 Å². The molecule has 34 heavy (non-hydrogen) atoms. The normalized spacial score (nSPS) is 11.1. The number of aliphatic hydroxyl groups is 1. The lowest BCUT2D eigenvalue weighted by Gasteiger charge is -2.16. The van der Waals surface area contributed by atoms with Crippen molar-refractivity contribution < 1.29 is 19.1 Å². The van der Waals surface area contributed by atoms with E-state index in [4.69, 9.17) is 16.7 Å². The van der Waals surface area contributed by atoms with Gasteiger partial charge in [0.2, 0.25) is 0 Å². The van der Waals surface area contributed by atoms with Gasteiger partial charge in [0, 0.05) is 23.7 Å². The molecule has 0 fully saturated rings. The van der Waals surface area contributed by atoms with Crippen LogP contribution < -0.4 is 10.7 Å². The molecule has 0 atom stereocenters. The number of carbonyl (C=O) groups is 2. The van der Waals surface area contributed by atoms with E-state index >= 15 is 0 Å². The lowest BCUT2D eigenvalue weighted by Crippen LogP contribution is -2.22. The third-order valence-electron chi connectivity index (χ3n) is 4.83. The predicted molar refractivity (Wildman–Crippen MR) is 131 cm³/mol. The molecule has 9 heteroatoms. The van der Waals surface area contributed by atoms with E-state index in [1.165, 1.54) is 36.5 Å². The van der Waals surface area contributed by atoms with Gasteiger partial charge >= 0.3 is 0 Å². The van der Waals surface area contributed by atoms with E-state index in [2.05, 4.69) is 15.8 Å². The minimum Gasteiger partial charge on any atom is -0.395 e. The van der Waals surface area contributed by atoms with Crippen molar-refractivity contribution in [2.75, 3.05) is 25.5 Å². The number of rotatable bonds is 9. The number of nitrogens with one attached hydrogen (secondary N) is 2. The number of hydrogen-bond acceptors (Lipinski definition) is 5. The van der Waals surface area contributed by atoms with Crippen molar-refractivity contribution in [3.63, 3.8) is 0 Å². The number of likely N-dealkylation sites (N-methyl/N-ethyl adjacent to an activating group) is 1. The van der Waals surface area contributed by atoms with E-state index in [9.17, 15) is 14.0 Å². The first-order chi connectivity index (χ1) is 16.4. The van der Waals surface area contributed by atoms with E-state index in [0.29, 0.717) is 29.2 Å². The Kier molecular flexibility index (Phi) is 8.86. The van der Waals surface area contributed by atoms with Crippen molar-refractivity contribution in [1.82, 2.24) is 10.3 Å².